The van der Waals surface area contributed by atoms with E-state index in [0.717, 1.165) is 12.3 Å². The Balaban J connectivity index is 2.57. The maximum Gasteiger partial charge on any atom is 0.434 e. The lowest BCUT2D eigenvalue weighted by atomic mass is 10.1. The van der Waals surface area contributed by atoms with Crippen molar-refractivity contribution in [3.05, 3.63) is 41.5 Å². The fraction of sp³-hybridized carbons (Fsp3) is 0.231. The number of hydrogen-bond donors (Lipinski definition) is 0. The molecule has 7 heteroatoms. The van der Waals surface area contributed by atoms with Gasteiger partial charge in [-0.15, -0.1) is 0 Å². The van der Waals surface area contributed by atoms with Crippen LogP contribution in [0.5, 0.6) is 0 Å². The summed E-state index contributed by atoms with van der Waals surface area (Å²) in [5.41, 5.74) is -1.04. The lowest BCUT2D eigenvalue weighted by Crippen LogP contribution is -2.05. The summed E-state index contributed by atoms with van der Waals surface area (Å²) in [6.07, 6.45) is -3.29. The number of rotatable bonds is 3. The Kier molecular flexibility index (Phi) is 3.61. The zero-order chi connectivity index (χ0) is 14.9. The van der Waals surface area contributed by atoms with E-state index in [1.54, 1.807) is 6.92 Å². The van der Waals surface area contributed by atoms with Crippen molar-refractivity contribution in [1.82, 2.24) is 9.55 Å². The van der Waals surface area contributed by atoms with Crippen molar-refractivity contribution in [1.29, 1.82) is 0 Å². The second-order valence-corrected chi connectivity index (χ2v) is 4.09. The minimum atomic E-state index is -4.59. The van der Waals surface area contributed by atoms with Crippen molar-refractivity contribution in [3.8, 4) is 11.4 Å². The molecule has 1 heterocycles. The van der Waals surface area contributed by atoms with Gasteiger partial charge >= 0.3 is 6.18 Å². The van der Waals surface area contributed by atoms with Gasteiger partial charge in [0.05, 0.1) is 5.56 Å². The summed E-state index contributed by atoms with van der Waals surface area (Å²) in [6, 6.07) is 3.53. The Hall–Kier alpha value is -2.18. The Bertz CT molecular complexity index is 646. The molecule has 1 aromatic heterocycles. The van der Waals surface area contributed by atoms with Crippen LogP contribution in [0.2, 0.25) is 0 Å². The van der Waals surface area contributed by atoms with Gasteiger partial charge in [-0.25, -0.2) is 9.37 Å². The molecule has 0 amide bonds. The van der Waals surface area contributed by atoms with Crippen LogP contribution in [0.25, 0.3) is 11.4 Å². The quantitative estimate of drug-likeness (QED) is 0.639. The molecule has 0 fully saturated rings. The number of alkyl halides is 3. The van der Waals surface area contributed by atoms with Gasteiger partial charge in [0, 0.05) is 18.3 Å². The number of aromatic nitrogens is 2. The zero-order valence-electron chi connectivity index (χ0n) is 10.4. The second-order valence-electron chi connectivity index (χ2n) is 4.09. The van der Waals surface area contributed by atoms with E-state index in [-0.39, 0.29) is 23.5 Å². The first-order valence-electron chi connectivity index (χ1n) is 5.76. The van der Waals surface area contributed by atoms with E-state index in [0.29, 0.717) is 6.29 Å². The van der Waals surface area contributed by atoms with E-state index in [1.807, 2.05) is 0 Å². The number of halogens is 4. The van der Waals surface area contributed by atoms with Crippen molar-refractivity contribution in [2.45, 2.75) is 19.6 Å². The van der Waals surface area contributed by atoms with Crippen molar-refractivity contribution in [2.75, 3.05) is 0 Å². The third-order valence-electron chi connectivity index (χ3n) is 2.78. The van der Waals surface area contributed by atoms with Crippen LogP contribution in [0.15, 0.2) is 24.4 Å². The molecule has 0 unspecified atom stereocenters. The summed E-state index contributed by atoms with van der Waals surface area (Å²) in [6.45, 7) is 1.84. The predicted octanol–water partition coefficient (Wildman–Crippen LogP) is 3.54. The SMILES string of the molecule is CCn1cc(C(F)(F)F)nc1-c1ccc(C=O)cc1F. The molecule has 20 heavy (non-hydrogen) atoms. The summed E-state index contributed by atoms with van der Waals surface area (Å²) in [4.78, 5) is 14.0. The van der Waals surface area contributed by atoms with Gasteiger partial charge in [-0.3, -0.25) is 4.79 Å². The molecule has 0 aliphatic carbocycles. The molecule has 0 N–H and O–H groups in total. The number of nitrogens with zero attached hydrogens (tertiary/aromatic N) is 2. The van der Waals surface area contributed by atoms with E-state index in [2.05, 4.69) is 4.98 Å². The Morgan fingerprint density at radius 3 is 2.55 bits per heavy atom. The van der Waals surface area contributed by atoms with Crippen molar-refractivity contribution >= 4 is 6.29 Å². The molecule has 2 rings (SSSR count). The minimum Gasteiger partial charge on any atom is -0.331 e. The van der Waals surface area contributed by atoms with Crippen LogP contribution in [0, 0.1) is 5.82 Å². The fourth-order valence-corrected chi connectivity index (χ4v) is 1.79. The average molecular weight is 286 g/mol. The maximum absolute atomic E-state index is 13.9. The number of aryl methyl sites for hydroxylation is 1. The molecule has 0 atom stereocenters. The topological polar surface area (TPSA) is 34.9 Å². The summed E-state index contributed by atoms with van der Waals surface area (Å²) in [5.74, 6) is -0.904. The summed E-state index contributed by atoms with van der Waals surface area (Å²) < 4.78 is 53.0. The lowest BCUT2D eigenvalue weighted by Gasteiger charge is -2.05. The molecule has 0 aliphatic rings. The van der Waals surface area contributed by atoms with Gasteiger partial charge in [-0.1, -0.05) is 6.07 Å². The van der Waals surface area contributed by atoms with Gasteiger partial charge < -0.3 is 4.57 Å². The monoisotopic (exact) mass is 286 g/mol. The molecule has 0 spiro atoms. The number of carbonyl (C=O) groups excluding carboxylic acids is 1. The van der Waals surface area contributed by atoms with Gasteiger partial charge in [0.2, 0.25) is 0 Å². The number of benzene rings is 1. The highest BCUT2D eigenvalue weighted by atomic mass is 19.4. The van der Waals surface area contributed by atoms with Crippen LogP contribution >= 0.6 is 0 Å². The molecular weight excluding hydrogens is 276 g/mol. The van der Waals surface area contributed by atoms with Crippen molar-refractivity contribution in [2.24, 2.45) is 0 Å². The molecule has 2 aromatic rings. The van der Waals surface area contributed by atoms with E-state index in [1.165, 1.54) is 16.7 Å². The standard InChI is InChI=1S/C13H10F4N2O/c1-2-19-6-11(13(15,16)17)18-12(19)9-4-3-8(7-20)5-10(9)14/h3-7H,2H2,1H3. The first kappa shape index (κ1) is 14.2. The summed E-state index contributed by atoms with van der Waals surface area (Å²) >= 11 is 0. The predicted molar refractivity (Wildman–Crippen MR) is 63.7 cm³/mol. The molecule has 0 radical (unpaired) electrons. The van der Waals surface area contributed by atoms with Crippen molar-refractivity contribution < 1.29 is 22.4 Å². The Labute approximate surface area is 111 Å². The number of carbonyl (C=O) groups is 1. The first-order valence-corrected chi connectivity index (χ1v) is 5.76. The molecule has 0 aliphatic heterocycles. The van der Waals surface area contributed by atoms with Gasteiger partial charge in [-0.05, 0) is 19.1 Å². The van der Waals surface area contributed by atoms with E-state index in [4.69, 9.17) is 0 Å². The highest BCUT2D eigenvalue weighted by molar-refractivity contribution is 5.76. The van der Waals surface area contributed by atoms with Gasteiger partial charge in [0.15, 0.2) is 5.69 Å². The molecule has 0 saturated heterocycles. The molecule has 3 nitrogen and oxygen atoms in total. The van der Waals surface area contributed by atoms with E-state index in [9.17, 15) is 22.4 Å². The van der Waals surface area contributed by atoms with Crippen LogP contribution in [-0.4, -0.2) is 15.8 Å². The molecule has 106 valence electrons. The Morgan fingerprint density at radius 1 is 1.35 bits per heavy atom. The molecule has 0 saturated carbocycles. The highest BCUT2D eigenvalue weighted by Gasteiger charge is 2.35. The smallest absolute Gasteiger partial charge is 0.331 e. The number of imidazole rings is 1. The zero-order valence-corrected chi connectivity index (χ0v) is 10.4. The summed E-state index contributed by atoms with van der Waals surface area (Å²) in [5, 5.41) is 0. The van der Waals surface area contributed by atoms with Crippen LogP contribution in [0.1, 0.15) is 23.0 Å². The third-order valence-corrected chi connectivity index (χ3v) is 2.78. The van der Waals surface area contributed by atoms with E-state index >= 15 is 0 Å². The largest absolute Gasteiger partial charge is 0.434 e. The summed E-state index contributed by atoms with van der Waals surface area (Å²) in [7, 11) is 0. The molecular formula is C13H10F4N2O. The molecule has 1 aromatic carbocycles. The maximum atomic E-state index is 13.9. The average Bonchev–Trinajstić information content (AvgIpc) is 2.82. The number of aldehydes is 1. The van der Waals surface area contributed by atoms with Crippen LogP contribution < -0.4 is 0 Å². The van der Waals surface area contributed by atoms with Gasteiger partial charge in [0.1, 0.15) is 17.9 Å². The van der Waals surface area contributed by atoms with Crippen LogP contribution in [0.4, 0.5) is 17.6 Å². The fourth-order valence-electron chi connectivity index (χ4n) is 1.79. The lowest BCUT2D eigenvalue weighted by molar-refractivity contribution is -0.140. The van der Waals surface area contributed by atoms with Gasteiger partial charge in [0.25, 0.3) is 0 Å². The third kappa shape index (κ3) is 2.56. The van der Waals surface area contributed by atoms with Gasteiger partial charge in [-0.2, -0.15) is 13.2 Å². The number of hydrogen-bond acceptors (Lipinski definition) is 2. The van der Waals surface area contributed by atoms with Crippen LogP contribution in [0.3, 0.4) is 0 Å². The van der Waals surface area contributed by atoms with E-state index < -0.39 is 17.7 Å². The normalized spacial score (nSPS) is 11.7. The first-order chi connectivity index (χ1) is 9.36. The molecule has 0 bridgehead atoms. The highest BCUT2D eigenvalue weighted by Crippen LogP contribution is 2.31. The van der Waals surface area contributed by atoms with Crippen LogP contribution in [-0.2, 0) is 12.7 Å². The second kappa shape index (κ2) is 5.07. The minimum absolute atomic E-state index is 0.0760. The Morgan fingerprint density at radius 2 is 2.05 bits per heavy atom. The van der Waals surface area contributed by atoms with Crippen molar-refractivity contribution in [3.63, 3.8) is 0 Å².